The van der Waals surface area contributed by atoms with Crippen LogP contribution in [-0.4, -0.2) is 17.9 Å². The van der Waals surface area contributed by atoms with Gasteiger partial charge in [0.25, 0.3) is 11.8 Å². The Morgan fingerprint density at radius 1 is 0.963 bits per heavy atom. The summed E-state index contributed by atoms with van der Waals surface area (Å²) in [7, 11) is 0. The second-order valence-corrected chi connectivity index (χ2v) is 7.40. The molecule has 0 saturated heterocycles. The van der Waals surface area contributed by atoms with Gasteiger partial charge in [0.1, 0.15) is 0 Å². The van der Waals surface area contributed by atoms with Crippen molar-refractivity contribution in [1.29, 1.82) is 0 Å². The predicted octanol–water partition coefficient (Wildman–Crippen LogP) is 4.16. The van der Waals surface area contributed by atoms with Crippen LogP contribution in [-0.2, 0) is 13.0 Å². The fraction of sp³-hybridized carbons (Fsp3) is 0.391. The molecule has 3 rings (SSSR count). The lowest BCUT2D eigenvalue weighted by atomic mass is 10.0. The van der Waals surface area contributed by atoms with E-state index in [-0.39, 0.29) is 17.9 Å². The van der Waals surface area contributed by atoms with Crippen molar-refractivity contribution in [3.05, 3.63) is 70.3 Å². The first-order chi connectivity index (χ1) is 13.0. The second-order valence-electron chi connectivity index (χ2n) is 7.40. The van der Waals surface area contributed by atoms with Gasteiger partial charge in [0.05, 0.1) is 0 Å². The van der Waals surface area contributed by atoms with Crippen LogP contribution in [0.1, 0.15) is 70.0 Å². The van der Waals surface area contributed by atoms with Gasteiger partial charge in [-0.3, -0.25) is 9.59 Å². The zero-order chi connectivity index (χ0) is 19.2. The highest BCUT2D eigenvalue weighted by atomic mass is 16.2. The van der Waals surface area contributed by atoms with E-state index in [2.05, 4.69) is 29.7 Å². The van der Waals surface area contributed by atoms with Crippen molar-refractivity contribution in [2.24, 2.45) is 0 Å². The summed E-state index contributed by atoms with van der Waals surface area (Å²) in [4.78, 5) is 25.1. The smallest absolute Gasteiger partial charge is 0.251 e. The molecule has 0 atom stereocenters. The molecule has 0 aliphatic heterocycles. The van der Waals surface area contributed by atoms with E-state index in [4.69, 9.17) is 0 Å². The van der Waals surface area contributed by atoms with Gasteiger partial charge in [0.2, 0.25) is 0 Å². The molecule has 1 aliphatic rings. The van der Waals surface area contributed by atoms with E-state index in [9.17, 15) is 9.59 Å². The van der Waals surface area contributed by atoms with Crippen LogP contribution in [0.2, 0.25) is 0 Å². The third kappa shape index (κ3) is 5.19. The van der Waals surface area contributed by atoms with Gasteiger partial charge >= 0.3 is 0 Å². The minimum Gasteiger partial charge on any atom is -0.349 e. The molecule has 0 radical (unpaired) electrons. The van der Waals surface area contributed by atoms with E-state index < -0.39 is 0 Å². The topological polar surface area (TPSA) is 58.2 Å². The molecule has 27 heavy (non-hydrogen) atoms. The van der Waals surface area contributed by atoms with E-state index >= 15 is 0 Å². The first kappa shape index (κ1) is 19.2. The van der Waals surface area contributed by atoms with Gasteiger partial charge in [-0.25, -0.2) is 0 Å². The average molecular weight is 364 g/mol. The first-order valence-corrected chi connectivity index (χ1v) is 9.83. The van der Waals surface area contributed by atoms with Gasteiger partial charge in [-0.1, -0.05) is 44.0 Å². The van der Waals surface area contributed by atoms with Gasteiger partial charge in [0, 0.05) is 23.7 Å². The van der Waals surface area contributed by atoms with Gasteiger partial charge in [-0.05, 0) is 61.1 Å². The first-order valence-electron chi connectivity index (χ1n) is 9.83. The van der Waals surface area contributed by atoms with Gasteiger partial charge < -0.3 is 10.6 Å². The lowest BCUT2D eigenvalue weighted by Crippen LogP contribution is -2.33. The Labute approximate surface area is 161 Å². The molecule has 0 spiro atoms. The van der Waals surface area contributed by atoms with E-state index in [1.54, 1.807) is 6.07 Å². The highest BCUT2D eigenvalue weighted by Gasteiger charge is 2.19. The standard InChI is InChI=1S/C23H28N2O2/c1-3-17-7-6-8-18(13-17)15-24-22(26)19-11-16(2)12-20(14-19)23(27)25-21-9-4-5-10-21/h6-8,11-14,21H,3-5,9-10,15H2,1-2H3,(H,24,26)(H,25,27). The largest absolute Gasteiger partial charge is 0.349 e. The highest BCUT2D eigenvalue weighted by molar-refractivity contribution is 6.00. The minimum absolute atomic E-state index is 0.0877. The fourth-order valence-corrected chi connectivity index (χ4v) is 3.63. The summed E-state index contributed by atoms with van der Waals surface area (Å²) in [6, 6.07) is 13.8. The Hall–Kier alpha value is -2.62. The van der Waals surface area contributed by atoms with Crippen LogP contribution in [0, 0.1) is 6.92 Å². The molecule has 1 aliphatic carbocycles. The molecule has 4 heteroatoms. The van der Waals surface area contributed by atoms with Crippen LogP contribution in [0.5, 0.6) is 0 Å². The van der Waals surface area contributed by atoms with Crippen LogP contribution in [0.25, 0.3) is 0 Å². The highest BCUT2D eigenvalue weighted by Crippen LogP contribution is 2.19. The van der Waals surface area contributed by atoms with E-state index in [1.807, 2.05) is 31.2 Å². The Kier molecular flexibility index (Phi) is 6.28. The maximum absolute atomic E-state index is 12.6. The molecule has 0 unspecified atom stereocenters. The van der Waals surface area contributed by atoms with Crippen molar-refractivity contribution in [2.75, 3.05) is 0 Å². The number of aryl methyl sites for hydroxylation is 2. The number of rotatable bonds is 6. The third-order valence-corrected chi connectivity index (χ3v) is 5.14. The molecule has 2 N–H and O–H groups in total. The molecule has 4 nitrogen and oxygen atoms in total. The molecule has 1 fully saturated rings. The lowest BCUT2D eigenvalue weighted by molar-refractivity contribution is 0.0937. The number of hydrogen-bond donors (Lipinski definition) is 2. The van der Waals surface area contributed by atoms with E-state index in [0.29, 0.717) is 17.7 Å². The predicted molar refractivity (Wildman–Crippen MR) is 108 cm³/mol. The maximum atomic E-state index is 12.6. The molecular weight excluding hydrogens is 336 g/mol. The Bertz CT molecular complexity index is 823. The molecule has 2 amide bonds. The van der Waals surface area contributed by atoms with Gasteiger partial charge in [-0.15, -0.1) is 0 Å². The molecule has 0 heterocycles. The molecule has 1 saturated carbocycles. The van der Waals surface area contributed by atoms with Crippen molar-refractivity contribution in [2.45, 2.75) is 58.5 Å². The van der Waals surface area contributed by atoms with E-state index in [1.165, 1.54) is 18.4 Å². The molecular formula is C23H28N2O2. The monoisotopic (exact) mass is 364 g/mol. The summed E-state index contributed by atoms with van der Waals surface area (Å²) >= 11 is 0. The number of amides is 2. The number of hydrogen-bond acceptors (Lipinski definition) is 2. The Morgan fingerprint density at radius 2 is 1.63 bits per heavy atom. The third-order valence-electron chi connectivity index (χ3n) is 5.14. The number of carbonyl (C=O) groups excluding carboxylic acids is 2. The number of carbonyl (C=O) groups is 2. The fourth-order valence-electron chi connectivity index (χ4n) is 3.63. The van der Waals surface area contributed by atoms with Crippen LogP contribution < -0.4 is 10.6 Å². The van der Waals surface area contributed by atoms with Gasteiger partial charge in [0.15, 0.2) is 0 Å². The summed E-state index contributed by atoms with van der Waals surface area (Å²) in [6.45, 7) is 4.50. The van der Waals surface area contributed by atoms with Gasteiger partial charge in [-0.2, -0.15) is 0 Å². The normalized spacial score (nSPS) is 14.1. The van der Waals surface area contributed by atoms with Crippen molar-refractivity contribution in [3.8, 4) is 0 Å². The number of benzene rings is 2. The Morgan fingerprint density at radius 3 is 2.33 bits per heavy atom. The quantitative estimate of drug-likeness (QED) is 0.809. The summed E-state index contributed by atoms with van der Waals surface area (Å²) in [5, 5.41) is 6.05. The van der Waals surface area contributed by atoms with Crippen molar-refractivity contribution >= 4 is 11.8 Å². The molecule has 2 aromatic rings. The molecule has 0 bridgehead atoms. The summed E-state index contributed by atoms with van der Waals surface area (Å²) < 4.78 is 0. The Balaban J connectivity index is 1.66. The zero-order valence-electron chi connectivity index (χ0n) is 16.2. The lowest BCUT2D eigenvalue weighted by Gasteiger charge is -2.13. The van der Waals surface area contributed by atoms with Crippen LogP contribution in [0.15, 0.2) is 42.5 Å². The summed E-state index contributed by atoms with van der Waals surface area (Å²) in [5.74, 6) is -0.245. The van der Waals surface area contributed by atoms with Crippen molar-refractivity contribution in [3.63, 3.8) is 0 Å². The summed E-state index contributed by atoms with van der Waals surface area (Å²) in [6.07, 6.45) is 5.40. The minimum atomic E-state index is -0.157. The molecule has 142 valence electrons. The van der Waals surface area contributed by atoms with Crippen LogP contribution in [0.4, 0.5) is 0 Å². The van der Waals surface area contributed by atoms with Crippen molar-refractivity contribution < 1.29 is 9.59 Å². The summed E-state index contributed by atoms with van der Waals surface area (Å²) in [5.41, 5.74) is 4.32. The molecule has 2 aromatic carbocycles. The SMILES string of the molecule is CCc1cccc(CNC(=O)c2cc(C)cc(C(=O)NC3CCCC3)c2)c1. The zero-order valence-corrected chi connectivity index (χ0v) is 16.2. The van der Waals surface area contributed by atoms with Crippen LogP contribution >= 0.6 is 0 Å². The molecule has 0 aromatic heterocycles. The number of nitrogens with one attached hydrogen (secondary N) is 2. The average Bonchev–Trinajstić information content (AvgIpc) is 3.18. The van der Waals surface area contributed by atoms with Crippen LogP contribution in [0.3, 0.4) is 0 Å². The maximum Gasteiger partial charge on any atom is 0.251 e. The van der Waals surface area contributed by atoms with Crippen molar-refractivity contribution in [1.82, 2.24) is 10.6 Å². The van der Waals surface area contributed by atoms with E-state index in [0.717, 1.165) is 30.4 Å². The second kappa shape index (κ2) is 8.85.